The number of thiophene rings is 1. The largest absolute Gasteiger partial charge is 0.309 e. The van der Waals surface area contributed by atoms with Crippen LogP contribution in [0.3, 0.4) is 0 Å². The van der Waals surface area contributed by atoms with Gasteiger partial charge in [0.15, 0.2) is 0 Å². The van der Waals surface area contributed by atoms with Crippen molar-refractivity contribution in [2.45, 2.75) is 6.04 Å². The van der Waals surface area contributed by atoms with Gasteiger partial charge in [0.1, 0.15) is 0 Å². The van der Waals surface area contributed by atoms with E-state index < -0.39 is 0 Å². The average molecular weight is 396 g/mol. The van der Waals surface area contributed by atoms with Crippen LogP contribution in [0.25, 0.3) is 0 Å². The Kier molecular flexibility index (Phi) is 4.66. The van der Waals surface area contributed by atoms with E-state index in [9.17, 15) is 0 Å². The fraction of sp³-hybridized carbons (Fsp3) is 0.167. The third-order valence-electron chi connectivity index (χ3n) is 2.44. The summed E-state index contributed by atoms with van der Waals surface area (Å²) < 4.78 is 2.06. The molecule has 17 heavy (non-hydrogen) atoms. The van der Waals surface area contributed by atoms with Gasteiger partial charge in [0.05, 0.1) is 14.9 Å². The van der Waals surface area contributed by atoms with Crippen LogP contribution in [0.2, 0.25) is 5.02 Å². The third kappa shape index (κ3) is 3.12. The van der Waals surface area contributed by atoms with Gasteiger partial charge < -0.3 is 5.32 Å². The molecule has 0 saturated heterocycles. The Morgan fingerprint density at radius 2 is 1.88 bits per heavy atom. The summed E-state index contributed by atoms with van der Waals surface area (Å²) in [4.78, 5) is 1.20. The third-order valence-corrected chi connectivity index (χ3v) is 5.51. The van der Waals surface area contributed by atoms with Crippen LogP contribution in [0.4, 0.5) is 0 Å². The second-order valence-corrected chi connectivity index (χ2v) is 7.27. The summed E-state index contributed by atoms with van der Waals surface area (Å²) >= 11 is 14.6. The molecule has 0 aliphatic carbocycles. The van der Waals surface area contributed by atoms with Gasteiger partial charge in [0, 0.05) is 9.35 Å². The highest BCUT2D eigenvalue weighted by atomic mass is 79.9. The van der Waals surface area contributed by atoms with Crippen molar-refractivity contribution in [3.63, 3.8) is 0 Å². The zero-order valence-electron chi connectivity index (χ0n) is 9.01. The number of nitrogens with one attached hydrogen (secondary N) is 1. The lowest BCUT2D eigenvalue weighted by atomic mass is 10.1. The van der Waals surface area contributed by atoms with Gasteiger partial charge in [-0.15, -0.1) is 11.3 Å². The molecule has 1 atom stereocenters. The van der Waals surface area contributed by atoms with E-state index in [0.717, 1.165) is 13.3 Å². The average Bonchev–Trinajstić information content (AvgIpc) is 2.63. The molecule has 0 amide bonds. The molecule has 0 spiro atoms. The zero-order chi connectivity index (χ0) is 12.4. The van der Waals surface area contributed by atoms with E-state index in [1.165, 1.54) is 10.4 Å². The Morgan fingerprint density at radius 1 is 1.24 bits per heavy atom. The molecule has 1 aromatic heterocycles. The number of benzene rings is 1. The molecule has 2 rings (SSSR count). The normalized spacial score (nSPS) is 12.7. The quantitative estimate of drug-likeness (QED) is 0.750. The first-order valence-electron chi connectivity index (χ1n) is 4.99. The summed E-state index contributed by atoms with van der Waals surface area (Å²) in [6, 6.07) is 10.5. The fourth-order valence-corrected chi connectivity index (χ4v) is 3.78. The molecule has 1 heterocycles. The summed E-state index contributed by atoms with van der Waals surface area (Å²) in [5.41, 5.74) is 1.22. The second-order valence-electron chi connectivity index (χ2n) is 3.54. The first-order valence-corrected chi connectivity index (χ1v) is 7.77. The summed E-state index contributed by atoms with van der Waals surface area (Å²) in [5.74, 6) is 0. The highest BCUT2D eigenvalue weighted by molar-refractivity contribution is 9.11. The number of rotatable bonds is 3. The van der Waals surface area contributed by atoms with Crippen LogP contribution in [0, 0.1) is 0 Å². The standard InChI is InChI=1S/C12H10Br2ClNS/c1-16-11(7-2-4-8(13)5-3-7)10-6-9(15)12(14)17-10/h2-6,11,16H,1H3. The molecule has 0 aliphatic heterocycles. The van der Waals surface area contributed by atoms with E-state index in [1.54, 1.807) is 11.3 Å². The van der Waals surface area contributed by atoms with Crippen LogP contribution in [-0.4, -0.2) is 7.05 Å². The Labute approximate surface area is 126 Å². The minimum absolute atomic E-state index is 0.178. The van der Waals surface area contributed by atoms with E-state index in [4.69, 9.17) is 11.6 Å². The molecule has 0 saturated carbocycles. The lowest BCUT2D eigenvalue weighted by molar-refractivity contribution is 0.704. The molecule has 1 unspecified atom stereocenters. The highest BCUT2D eigenvalue weighted by Crippen LogP contribution is 2.37. The Bertz CT molecular complexity index is 490. The summed E-state index contributed by atoms with van der Waals surface area (Å²) in [5, 5.41) is 4.08. The Balaban J connectivity index is 2.36. The van der Waals surface area contributed by atoms with Gasteiger partial charge in [0.2, 0.25) is 0 Å². The molecular formula is C12H10Br2ClNS. The Morgan fingerprint density at radius 3 is 2.35 bits per heavy atom. The van der Waals surface area contributed by atoms with Crippen molar-refractivity contribution in [1.29, 1.82) is 0 Å². The predicted octanol–water partition coefficient (Wildman–Crippen LogP) is 5.24. The molecule has 0 fully saturated rings. The summed E-state index contributed by atoms with van der Waals surface area (Å²) in [6.45, 7) is 0. The molecule has 5 heteroatoms. The van der Waals surface area contributed by atoms with Gasteiger partial charge in [-0.05, 0) is 46.7 Å². The van der Waals surface area contributed by atoms with Gasteiger partial charge in [-0.2, -0.15) is 0 Å². The van der Waals surface area contributed by atoms with Gasteiger partial charge in [-0.3, -0.25) is 0 Å². The first kappa shape index (κ1) is 13.6. The topological polar surface area (TPSA) is 12.0 Å². The van der Waals surface area contributed by atoms with Gasteiger partial charge in [-0.25, -0.2) is 0 Å². The second kappa shape index (κ2) is 5.85. The molecule has 90 valence electrons. The molecule has 1 nitrogen and oxygen atoms in total. The van der Waals surface area contributed by atoms with E-state index in [1.807, 2.05) is 25.2 Å². The highest BCUT2D eigenvalue weighted by Gasteiger charge is 2.16. The zero-order valence-corrected chi connectivity index (χ0v) is 13.8. The fourth-order valence-electron chi connectivity index (χ4n) is 1.63. The first-order chi connectivity index (χ1) is 8.11. The molecule has 1 N–H and O–H groups in total. The van der Waals surface area contributed by atoms with Crippen molar-refractivity contribution in [2.24, 2.45) is 0 Å². The molecule has 0 radical (unpaired) electrons. The Hall–Kier alpha value is 0.130. The van der Waals surface area contributed by atoms with Crippen LogP contribution >= 0.6 is 54.8 Å². The summed E-state index contributed by atoms with van der Waals surface area (Å²) in [6.07, 6.45) is 0. The van der Waals surface area contributed by atoms with E-state index >= 15 is 0 Å². The number of hydrogen-bond donors (Lipinski definition) is 1. The number of hydrogen-bond acceptors (Lipinski definition) is 2. The van der Waals surface area contributed by atoms with E-state index in [2.05, 4.69) is 49.3 Å². The van der Waals surface area contributed by atoms with Gasteiger partial charge in [-0.1, -0.05) is 39.7 Å². The van der Waals surface area contributed by atoms with Crippen molar-refractivity contribution in [3.05, 3.63) is 54.1 Å². The summed E-state index contributed by atoms with van der Waals surface area (Å²) in [7, 11) is 1.95. The predicted molar refractivity (Wildman–Crippen MR) is 82.1 cm³/mol. The van der Waals surface area contributed by atoms with Crippen LogP contribution in [0.1, 0.15) is 16.5 Å². The minimum Gasteiger partial charge on any atom is -0.309 e. The van der Waals surface area contributed by atoms with Crippen molar-refractivity contribution in [1.82, 2.24) is 5.32 Å². The van der Waals surface area contributed by atoms with E-state index in [-0.39, 0.29) is 6.04 Å². The van der Waals surface area contributed by atoms with Crippen molar-refractivity contribution >= 4 is 54.8 Å². The molecule has 1 aromatic carbocycles. The maximum atomic E-state index is 6.07. The monoisotopic (exact) mass is 393 g/mol. The molecule has 0 aliphatic rings. The smallest absolute Gasteiger partial charge is 0.0888 e. The van der Waals surface area contributed by atoms with Crippen molar-refractivity contribution in [2.75, 3.05) is 7.05 Å². The minimum atomic E-state index is 0.178. The number of halogens is 3. The van der Waals surface area contributed by atoms with Gasteiger partial charge >= 0.3 is 0 Å². The SMILES string of the molecule is CNC(c1ccc(Br)cc1)c1cc(Cl)c(Br)s1. The molecular weight excluding hydrogens is 385 g/mol. The van der Waals surface area contributed by atoms with Gasteiger partial charge in [0.25, 0.3) is 0 Å². The van der Waals surface area contributed by atoms with Crippen LogP contribution < -0.4 is 5.32 Å². The van der Waals surface area contributed by atoms with Crippen molar-refractivity contribution in [3.8, 4) is 0 Å². The van der Waals surface area contributed by atoms with Crippen LogP contribution in [0.15, 0.2) is 38.6 Å². The maximum Gasteiger partial charge on any atom is 0.0888 e. The van der Waals surface area contributed by atoms with Crippen LogP contribution in [-0.2, 0) is 0 Å². The van der Waals surface area contributed by atoms with Crippen LogP contribution in [0.5, 0.6) is 0 Å². The lowest BCUT2D eigenvalue weighted by Gasteiger charge is -2.14. The molecule has 0 bridgehead atoms. The lowest BCUT2D eigenvalue weighted by Crippen LogP contribution is -2.16. The molecule has 2 aromatic rings. The van der Waals surface area contributed by atoms with Crippen molar-refractivity contribution < 1.29 is 0 Å². The van der Waals surface area contributed by atoms with E-state index in [0.29, 0.717) is 0 Å². The maximum absolute atomic E-state index is 6.07.